The van der Waals surface area contributed by atoms with Crippen LogP contribution in [-0.4, -0.2) is 37.6 Å². The molecule has 1 aromatic carbocycles. The van der Waals surface area contributed by atoms with Crippen molar-refractivity contribution in [2.75, 3.05) is 10.6 Å². The molecular formula is C26H20F4N6O3. The second-order valence-electron chi connectivity index (χ2n) is 9.59. The van der Waals surface area contributed by atoms with E-state index in [0.717, 1.165) is 6.07 Å². The van der Waals surface area contributed by atoms with Crippen LogP contribution in [0.3, 0.4) is 0 Å². The van der Waals surface area contributed by atoms with Crippen LogP contribution in [0.1, 0.15) is 41.1 Å². The Morgan fingerprint density at radius 2 is 1.87 bits per heavy atom. The van der Waals surface area contributed by atoms with Crippen LogP contribution in [0.5, 0.6) is 0 Å². The van der Waals surface area contributed by atoms with E-state index in [0.29, 0.717) is 41.4 Å². The van der Waals surface area contributed by atoms with Crippen molar-refractivity contribution in [3.8, 4) is 11.1 Å². The number of Topliss-reactive ketones (excluding diaryl/α,β-unsaturated/α-hetero) is 1. The number of nitrogens with zero attached hydrogens (tertiary/aromatic N) is 4. The number of aromatic nitrogens is 4. The molecule has 4 aromatic rings. The average molecular weight is 540 g/mol. The Bertz CT molecular complexity index is 1590. The summed E-state index contributed by atoms with van der Waals surface area (Å²) in [5.74, 6) is -1.42. The Hall–Kier alpha value is -4.55. The molecular weight excluding hydrogens is 520 g/mol. The predicted molar refractivity (Wildman–Crippen MR) is 130 cm³/mol. The summed E-state index contributed by atoms with van der Waals surface area (Å²) in [5, 5.41) is 8.89. The third-order valence-electron chi connectivity index (χ3n) is 6.95. The van der Waals surface area contributed by atoms with Crippen LogP contribution >= 0.6 is 0 Å². The molecule has 0 spiro atoms. The zero-order chi connectivity index (χ0) is 27.4. The summed E-state index contributed by atoms with van der Waals surface area (Å²) in [4.78, 5) is 32.7. The molecule has 1 amide bonds. The van der Waals surface area contributed by atoms with Crippen LogP contribution < -0.4 is 10.6 Å². The van der Waals surface area contributed by atoms with Gasteiger partial charge in [0.2, 0.25) is 11.9 Å². The van der Waals surface area contributed by atoms with E-state index in [1.165, 1.54) is 24.5 Å². The fraction of sp³-hybridized carbons (Fsp3) is 0.269. The maximum atomic E-state index is 14.8. The molecule has 1 saturated carbocycles. The zero-order valence-electron chi connectivity index (χ0n) is 20.2. The summed E-state index contributed by atoms with van der Waals surface area (Å²) in [7, 11) is 0. The minimum atomic E-state index is -4.47. The number of benzene rings is 1. The van der Waals surface area contributed by atoms with Gasteiger partial charge >= 0.3 is 6.18 Å². The van der Waals surface area contributed by atoms with E-state index in [-0.39, 0.29) is 42.2 Å². The Kier molecular flexibility index (Phi) is 5.74. The molecule has 0 bridgehead atoms. The molecule has 1 fully saturated rings. The Morgan fingerprint density at radius 1 is 1.10 bits per heavy atom. The van der Waals surface area contributed by atoms with Gasteiger partial charge in [-0.3, -0.25) is 9.59 Å². The first-order valence-corrected chi connectivity index (χ1v) is 12.1. The van der Waals surface area contributed by atoms with E-state index < -0.39 is 23.3 Å². The Balaban J connectivity index is 1.08. The summed E-state index contributed by atoms with van der Waals surface area (Å²) >= 11 is 0. The van der Waals surface area contributed by atoms with E-state index in [1.807, 2.05) is 10.8 Å². The van der Waals surface area contributed by atoms with Gasteiger partial charge in [-0.05, 0) is 36.1 Å². The molecule has 13 heteroatoms. The van der Waals surface area contributed by atoms with Gasteiger partial charge in [0, 0.05) is 43.2 Å². The minimum Gasteiger partial charge on any atom is -0.358 e. The lowest BCUT2D eigenvalue weighted by atomic mass is 10.0. The molecule has 39 heavy (non-hydrogen) atoms. The van der Waals surface area contributed by atoms with Crippen LogP contribution in [0.2, 0.25) is 0 Å². The van der Waals surface area contributed by atoms with E-state index in [4.69, 9.17) is 4.52 Å². The number of carbonyl (C=O) groups excluding carboxylic acids is 2. The number of aryl methyl sites for hydroxylation is 1. The van der Waals surface area contributed by atoms with Crippen LogP contribution in [0.4, 0.5) is 35.0 Å². The van der Waals surface area contributed by atoms with Crippen molar-refractivity contribution in [1.82, 2.24) is 19.7 Å². The number of anilines is 3. The number of carbonyl (C=O) groups is 2. The van der Waals surface area contributed by atoms with Gasteiger partial charge < -0.3 is 19.7 Å². The van der Waals surface area contributed by atoms with Crippen LogP contribution in [-0.2, 0) is 23.2 Å². The molecule has 2 N–H and O–H groups in total. The molecule has 9 nitrogen and oxygen atoms in total. The van der Waals surface area contributed by atoms with Gasteiger partial charge in [-0.1, -0.05) is 17.3 Å². The van der Waals surface area contributed by atoms with Gasteiger partial charge in [-0.2, -0.15) is 13.2 Å². The first kappa shape index (κ1) is 24.8. The molecule has 3 aromatic heterocycles. The van der Waals surface area contributed by atoms with E-state index in [1.54, 1.807) is 12.1 Å². The number of ketones is 1. The second kappa shape index (κ2) is 9.03. The molecule has 0 atom stereocenters. The molecule has 2 aliphatic rings. The van der Waals surface area contributed by atoms with Crippen molar-refractivity contribution in [3.63, 3.8) is 0 Å². The lowest BCUT2D eigenvalue weighted by molar-refractivity contribution is -0.165. The highest BCUT2D eigenvalue weighted by Gasteiger charge is 2.66. The summed E-state index contributed by atoms with van der Waals surface area (Å²) in [6.07, 6.45) is 0.316. The van der Waals surface area contributed by atoms with Gasteiger partial charge in [0.15, 0.2) is 17.4 Å². The van der Waals surface area contributed by atoms with Crippen molar-refractivity contribution in [2.24, 2.45) is 0 Å². The third-order valence-corrected chi connectivity index (χ3v) is 6.95. The maximum Gasteiger partial charge on any atom is 0.401 e. The van der Waals surface area contributed by atoms with Crippen molar-refractivity contribution in [1.29, 1.82) is 0 Å². The Morgan fingerprint density at radius 3 is 2.54 bits per heavy atom. The first-order valence-electron chi connectivity index (χ1n) is 12.1. The normalized spacial score (nSPS) is 15.7. The molecule has 0 unspecified atom stereocenters. The Labute approximate surface area is 218 Å². The molecule has 4 heterocycles. The lowest BCUT2D eigenvalue weighted by Gasteiger charge is -2.14. The van der Waals surface area contributed by atoms with Gasteiger partial charge in [0.1, 0.15) is 11.2 Å². The summed E-state index contributed by atoms with van der Waals surface area (Å²) in [6, 6.07) is 7.08. The number of rotatable bonds is 7. The van der Waals surface area contributed by atoms with Crippen molar-refractivity contribution in [3.05, 3.63) is 71.8 Å². The SMILES string of the molecule is O=C(Cc1ccc(-c2cnc(Nc3cc4n(c3)CCC4=O)nc2)cc1F)Nc1cc(C2(C(F)(F)F)CC2)on1. The van der Waals surface area contributed by atoms with Crippen molar-refractivity contribution >= 4 is 29.1 Å². The molecule has 1 aliphatic heterocycles. The lowest BCUT2D eigenvalue weighted by Crippen LogP contribution is -2.28. The number of fused-ring (bicyclic) bond motifs is 1. The van der Waals surface area contributed by atoms with Crippen LogP contribution in [0.25, 0.3) is 11.1 Å². The number of hydrogen-bond donors (Lipinski definition) is 2. The second-order valence-corrected chi connectivity index (χ2v) is 9.59. The predicted octanol–water partition coefficient (Wildman–Crippen LogP) is 5.18. The van der Waals surface area contributed by atoms with Crippen molar-refractivity contribution in [2.45, 2.75) is 43.8 Å². The molecule has 200 valence electrons. The van der Waals surface area contributed by atoms with Crippen LogP contribution in [0.15, 0.2) is 53.4 Å². The summed E-state index contributed by atoms with van der Waals surface area (Å²) in [5.41, 5.74) is 0.389. The fourth-order valence-electron chi connectivity index (χ4n) is 4.60. The highest BCUT2D eigenvalue weighted by atomic mass is 19.4. The van der Waals surface area contributed by atoms with E-state index in [2.05, 4.69) is 25.8 Å². The molecule has 0 radical (unpaired) electrons. The molecule has 0 saturated heterocycles. The number of nitrogens with one attached hydrogen (secondary N) is 2. The smallest absolute Gasteiger partial charge is 0.358 e. The average Bonchev–Trinajstić information content (AvgIpc) is 3.25. The van der Waals surface area contributed by atoms with Crippen LogP contribution in [0, 0.1) is 5.82 Å². The number of amides is 1. The first-order chi connectivity index (χ1) is 18.6. The third kappa shape index (κ3) is 4.64. The number of alkyl halides is 3. The molecule has 1 aliphatic carbocycles. The van der Waals surface area contributed by atoms with Gasteiger partial charge in [0.05, 0.1) is 17.8 Å². The summed E-state index contributed by atoms with van der Waals surface area (Å²) < 4.78 is 61.2. The van der Waals surface area contributed by atoms with Gasteiger partial charge in [0.25, 0.3) is 0 Å². The topological polar surface area (TPSA) is 115 Å². The largest absolute Gasteiger partial charge is 0.401 e. The quantitative estimate of drug-likeness (QED) is 0.311. The zero-order valence-corrected chi connectivity index (χ0v) is 20.2. The standard InChI is InChI=1S/C26H20F4N6O3/c27-18-7-14(16-11-31-24(32-12-16)33-17-9-19-20(37)3-6-36(19)13-17)1-2-15(18)8-23(38)34-22-10-21(39-35-22)25(4-5-25)26(28,29)30/h1-2,7,9-13H,3-6,8H2,(H,31,32,33)(H,34,35,38). The maximum absolute atomic E-state index is 14.8. The van der Waals surface area contributed by atoms with Gasteiger partial charge in [-0.25, -0.2) is 14.4 Å². The highest BCUT2D eigenvalue weighted by molar-refractivity contribution is 5.97. The monoisotopic (exact) mass is 540 g/mol. The summed E-state index contributed by atoms with van der Waals surface area (Å²) in [6.45, 7) is 0.641. The van der Waals surface area contributed by atoms with E-state index in [9.17, 15) is 27.2 Å². The minimum absolute atomic E-state index is 0.0852. The highest BCUT2D eigenvalue weighted by Crippen LogP contribution is 2.59. The molecule has 6 rings (SSSR count). The van der Waals surface area contributed by atoms with Gasteiger partial charge in [-0.15, -0.1) is 0 Å². The number of hydrogen-bond acceptors (Lipinski definition) is 7. The van der Waals surface area contributed by atoms with Crippen molar-refractivity contribution < 1.29 is 31.7 Å². The fourth-order valence-corrected chi connectivity index (χ4v) is 4.60. The number of halogens is 4. The van der Waals surface area contributed by atoms with E-state index >= 15 is 0 Å².